The number of carboxylic acids is 1. The first-order valence-electron chi connectivity index (χ1n) is 7.97. The van der Waals surface area contributed by atoms with E-state index in [2.05, 4.69) is 0 Å². The highest BCUT2D eigenvalue weighted by atomic mass is 32.2. The van der Waals surface area contributed by atoms with Crippen LogP contribution in [0.25, 0.3) is 0 Å². The summed E-state index contributed by atoms with van der Waals surface area (Å²) in [7, 11) is -0.0913. The number of thiophene rings is 1. The summed E-state index contributed by atoms with van der Waals surface area (Å²) in [5.74, 6) is -1.69. The molecule has 25 heavy (non-hydrogen) atoms. The first-order chi connectivity index (χ1) is 11.7. The Kier molecular flexibility index (Phi) is 6.55. The number of rotatable bonds is 8. The van der Waals surface area contributed by atoms with Gasteiger partial charge in [0.15, 0.2) is 0 Å². The molecular weight excluding hydrogens is 366 g/mol. The average molecular weight is 389 g/mol. The molecule has 0 bridgehead atoms. The molecule has 1 amide bonds. The molecule has 1 aliphatic rings. The molecule has 0 aliphatic carbocycles. The molecule has 0 aromatic carbocycles. The number of nitrogens with zero attached hydrogens (tertiary/aromatic N) is 3. The third-order valence-corrected chi connectivity index (χ3v) is 6.91. The third-order valence-electron chi connectivity index (χ3n) is 3.94. The molecule has 2 rings (SSSR count). The van der Waals surface area contributed by atoms with Gasteiger partial charge in [0.2, 0.25) is 10.0 Å². The lowest BCUT2D eigenvalue weighted by Gasteiger charge is -2.23. The third kappa shape index (κ3) is 4.78. The van der Waals surface area contributed by atoms with Crippen LogP contribution in [-0.2, 0) is 14.8 Å². The minimum Gasteiger partial charge on any atom is -0.480 e. The van der Waals surface area contributed by atoms with Crippen LogP contribution in [0.5, 0.6) is 0 Å². The van der Waals surface area contributed by atoms with Crippen molar-refractivity contribution in [3.8, 4) is 0 Å². The van der Waals surface area contributed by atoms with Crippen LogP contribution in [0.3, 0.4) is 0 Å². The van der Waals surface area contributed by atoms with Crippen LogP contribution in [-0.4, -0.2) is 86.3 Å². The number of aliphatic carboxylic acids is 1. The van der Waals surface area contributed by atoms with Crippen LogP contribution in [0.1, 0.15) is 22.5 Å². The highest BCUT2D eigenvalue weighted by molar-refractivity contribution is 7.89. The molecule has 8 nitrogen and oxygen atoms in total. The van der Waals surface area contributed by atoms with Crippen LogP contribution >= 0.6 is 11.3 Å². The van der Waals surface area contributed by atoms with E-state index in [4.69, 9.17) is 5.11 Å². The zero-order valence-corrected chi connectivity index (χ0v) is 16.0. The van der Waals surface area contributed by atoms with Gasteiger partial charge in [-0.25, -0.2) is 8.42 Å². The predicted octanol–water partition coefficient (Wildman–Crippen LogP) is 0.621. The summed E-state index contributed by atoms with van der Waals surface area (Å²) in [5, 5.41) is 10.6. The van der Waals surface area contributed by atoms with Crippen molar-refractivity contribution in [2.75, 3.05) is 46.8 Å². The Balaban J connectivity index is 2.28. The van der Waals surface area contributed by atoms with Gasteiger partial charge in [-0.2, -0.15) is 4.31 Å². The zero-order chi connectivity index (χ0) is 18.6. The molecule has 10 heteroatoms. The number of carboxylic acid groups (broad SMARTS) is 1. The first-order valence-corrected chi connectivity index (χ1v) is 10.3. The zero-order valence-electron chi connectivity index (χ0n) is 14.3. The summed E-state index contributed by atoms with van der Waals surface area (Å²) < 4.78 is 26.9. The average Bonchev–Trinajstić information content (AvgIpc) is 3.20. The molecule has 0 saturated carbocycles. The van der Waals surface area contributed by atoms with Gasteiger partial charge >= 0.3 is 5.97 Å². The Morgan fingerprint density at radius 1 is 1.24 bits per heavy atom. The Morgan fingerprint density at radius 3 is 2.44 bits per heavy atom. The monoisotopic (exact) mass is 389 g/mol. The second kappa shape index (κ2) is 8.26. The molecule has 0 radical (unpaired) electrons. The Labute approximate surface area is 151 Å². The van der Waals surface area contributed by atoms with Crippen molar-refractivity contribution in [2.45, 2.75) is 17.7 Å². The van der Waals surface area contributed by atoms with Gasteiger partial charge in [0.05, 0.1) is 0 Å². The van der Waals surface area contributed by atoms with Crippen LogP contribution in [0.2, 0.25) is 0 Å². The minimum absolute atomic E-state index is 0.0235. The van der Waals surface area contributed by atoms with Gasteiger partial charge in [0.25, 0.3) is 5.91 Å². The molecule has 140 valence electrons. The number of hydrogen-bond donors (Lipinski definition) is 1. The number of carbonyl (C=O) groups excluding carboxylic acids is 1. The Hall–Kier alpha value is -1.49. The van der Waals surface area contributed by atoms with Crippen molar-refractivity contribution < 1.29 is 23.1 Å². The van der Waals surface area contributed by atoms with E-state index < -0.39 is 28.4 Å². The van der Waals surface area contributed by atoms with Gasteiger partial charge in [-0.3, -0.25) is 9.59 Å². The highest BCUT2D eigenvalue weighted by Crippen LogP contribution is 2.28. The van der Waals surface area contributed by atoms with Gasteiger partial charge in [0.1, 0.15) is 16.3 Å². The molecule has 1 fully saturated rings. The largest absolute Gasteiger partial charge is 0.480 e. The molecule has 1 aliphatic heterocycles. The Bertz CT molecular complexity index is 723. The van der Waals surface area contributed by atoms with Gasteiger partial charge in [-0.05, 0) is 38.4 Å². The van der Waals surface area contributed by atoms with Crippen molar-refractivity contribution in [3.05, 3.63) is 16.3 Å². The molecular formula is C15H23N3O5S2. The van der Waals surface area contributed by atoms with E-state index >= 15 is 0 Å². The van der Waals surface area contributed by atoms with Gasteiger partial charge in [0, 0.05) is 26.2 Å². The summed E-state index contributed by atoms with van der Waals surface area (Å²) in [5.41, 5.74) is 0. The van der Waals surface area contributed by atoms with E-state index in [1.54, 1.807) is 5.38 Å². The standard InChI is InChI=1S/C15H23N3O5S2/c1-16(2)8-9-17(11-13(19)20)15(21)14-12(5-10-24-14)25(22,23)18-6-3-4-7-18/h5,10H,3-4,6-9,11H2,1-2H3,(H,19,20). The summed E-state index contributed by atoms with van der Waals surface area (Å²) in [6, 6.07) is 1.43. The molecule has 0 spiro atoms. The maximum absolute atomic E-state index is 12.8. The fraction of sp³-hybridized carbons (Fsp3) is 0.600. The summed E-state index contributed by atoms with van der Waals surface area (Å²) in [4.78, 5) is 27.0. The van der Waals surface area contributed by atoms with Crippen molar-refractivity contribution in [1.82, 2.24) is 14.1 Å². The number of carbonyl (C=O) groups is 2. The van der Waals surface area contributed by atoms with E-state index in [0.29, 0.717) is 19.6 Å². The Morgan fingerprint density at radius 2 is 1.88 bits per heavy atom. The van der Waals surface area contributed by atoms with E-state index in [-0.39, 0.29) is 16.3 Å². The lowest BCUT2D eigenvalue weighted by molar-refractivity contribution is -0.137. The van der Waals surface area contributed by atoms with E-state index in [0.717, 1.165) is 24.2 Å². The minimum atomic E-state index is -3.73. The van der Waals surface area contributed by atoms with E-state index in [9.17, 15) is 18.0 Å². The van der Waals surface area contributed by atoms with Crippen LogP contribution < -0.4 is 0 Å². The van der Waals surface area contributed by atoms with Crippen LogP contribution in [0.4, 0.5) is 0 Å². The maximum atomic E-state index is 12.8. The first kappa shape index (κ1) is 19.8. The van der Waals surface area contributed by atoms with Crippen molar-refractivity contribution >= 4 is 33.2 Å². The van der Waals surface area contributed by atoms with Crippen molar-refractivity contribution in [3.63, 3.8) is 0 Å². The van der Waals surface area contributed by atoms with E-state index in [1.807, 2.05) is 19.0 Å². The summed E-state index contributed by atoms with van der Waals surface area (Å²) >= 11 is 1.03. The predicted molar refractivity (Wildman–Crippen MR) is 94.4 cm³/mol. The quantitative estimate of drug-likeness (QED) is 0.700. The summed E-state index contributed by atoms with van der Waals surface area (Å²) in [6.07, 6.45) is 1.61. The number of sulfonamides is 1. The van der Waals surface area contributed by atoms with Crippen molar-refractivity contribution in [1.29, 1.82) is 0 Å². The fourth-order valence-electron chi connectivity index (χ4n) is 2.60. The molecule has 1 aromatic heterocycles. The van der Waals surface area contributed by atoms with Crippen LogP contribution in [0, 0.1) is 0 Å². The number of hydrogen-bond acceptors (Lipinski definition) is 6. The number of likely N-dealkylation sites (N-methyl/N-ethyl adjacent to an activating group) is 1. The lowest BCUT2D eigenvalue weighted by Crippen LogP contribution is -2.40. The van der Waals surface area contributed by atoms with Crippen LogP contribution in [0.15, 0.2) is 16.3 Å². The molecule has 1 aromatic rings. The molecule has 2 heterocycles. The molecule has 1 N–H and O–H groups in total. The summed E-state index contributed by atoms with van der Waals surface area (Å²) in [6.45, 7) is 1.13. The second-order valence-electron chi connectivity index (χ2n) is 6.15. The normalized spacial score (nSPS) is 15.6. The highest BCUT2D eigenvalue weighted by Gasteiger charge is 2.33. The molecule has 0 atom stereocenters. The van der Waals surface area contributed by atoms with Gasteiger partial charge in [-0.15, -0.1) is 11.3 Å². The van der Waals surface area contributed by atoms with Gasteiger partial charge in [-0.1, -0.05) is 0 Å². The maximum Gasteiger partial charge on any atom is 0.323 e. The lowest BCUT2D eigenvalue weighted by atomic mass is 10.3. The molecule has 0 unspecified atom stereocenters. The number of amides is 1. The van der Waals surface area contributed by atoms with Crippen molar-refractivity contribution in [2.24, 2.45) is 0 Å². The fourth-order valence-corrected chi connectivity index (χ4v) is 5.48. The second-order valence-corrected chi connectivity index (χ2v) is 8.97. The van der Waals surface area contributed by atoms with Gasteiger partial charge < -0.3 is 14.9 Å². The smallest absolute Gasteiger partial charge is 0.323 e. The SMILES string of the molecule is CN(C)CCN(CC(=O)O)C(=O)c1sccc1S(=O)(=O)N1CCCC1. The van der Waals surface area contributed by atoms with E-state index in [1.165, 1.54) is 15.3 Å². The molecule has 1 saturated heterocycles. The topological polar surface area (TPSA) is 98.2 Å².